The number of carboxylic acids is 1. The van der Waals surface area contributed by atoms with Crippen molar-refractivity contribution in [2.24, 2.45) is 0 Å². The molecular formula is C17H20FNO3S. The Morgan fingerprint density at radius 3 is 2.83 bits per heavy atom. The molecule has 0 aliphatic heterocycles. The van der Waals surface area contributed by atoms with Gasteiger partial charge < -0.3 is 9.52 Å². The van der Waals surface area contributed by atoms with Crippen LogP contribution < -0.4 is 5.32 Å². The summed E-state index contributed by atoms with van der Waals surface area (Å²) in [6.07, 6.45) is 2.50. The fourth-order valence-corrected chi connectivity index (χ4v) is 2.76. The second kappa shape index (κ2) is 8.17. The number of hydrogen-bond donors (Lipinski definition) is 2. The number of benzene rings is 1. The van der Waals surface area contributed by atoms with Gasteiger partial charge in [-0.15, -0.1) is 0 Å². The minimum absolute atomic E-state index is 0.280. The van der Waals surface area contributed by atoms with Gasteiger partial charge in [0.05, 0.1) is 6.54 Å². The molecule has 2 N–H and O–H groups in total. The van der Waals surface area contributed by atoms with Gasteiger partial charge in [-0.05, 0) is 61.2 Å². The lowest BCUT2D eigenvalue weighted by atomic mass is 10.1. The number of furan rings is 1. The highest BCUT2D eigenvalue weighted by molar-refractivity contribution is 7.98. The Hall–Kier alpha value is -1.79. The van der Waals surface area contributed by atoms with E-state index in [1.54, 1.807) is 23.9 Å². The Labute approximate surface area is 139 Å². The molecule has 124 valence electrons. The number of rotatable bonds is 8. The van der Waals surface area contributed by atoms with Gasteiger partial charge in [-0.25, -0.2) is 4.39 Å². The molecule has 0 aliphatic rings. The number of thioether (sulfide) groups is 1. The second-order valence-electron chi connectivity index (χ2n) is 5.28. The van der Waals surface area contributed by atoms with Crippen molar-refractivity contribution in [3.63, 3.8) is 0 Å². The first-order chi connectivity index (χ1) is 11.0. The van der Waals surface area contributed by atoms with Crippen LogP contribution in [0.1, 0.15) is 17.7 Å². The van der Waals surface area contributed by atoms with Crippen molar-refractivity contribution < 1.29 is 18.7 Å². The molecule has 0 spiro atoms. The minimum Gasteiger partial charge on any atom is -0.480 e. The Balaban J connectivity index is 2.03. The van der Waals surface area contributed by atoms with Crippen molar-refractivity contribution in [3.05, 3.63) is 47.5 Å². The molecule has 0 saturated heterocycles. The van der Waals surface area contributed by atoms with Crippen molar-refractivity contribution >= 4 is 17.7 Å². The third-order valence-electron chi connectivity index (χ3n) is 3.55. The predicted octanol–water partition coefficient (Wildman–Crippen LogP) is 3.69. The quantitative estimate of drug-likeness (QED) is 0.769. The van der Waals surface area contributed by atoms with Crippen LogP contribution in [0.4, 0.5) is 4.39 Å². The van der Waals surface area contributed by atoms with E-state index in [-0.39, 0.29) is 5.82 Å². The van der Waals surface area contributed by atoms with E-state index in [0.717, 1.165) is 16.9 Å². The van der Waals surface area contributed by atoms with Crippen LogP contribution in [0.2, 0.25) is 0 Å². The summed E-state index contributed by atoms with van der Waals surface area (Å²) in [6.45, 7) is 2.16. The molecule has 0 amide bonds. The van der Waals surface area contributed by atoms with Crippen LogP contribution in [0.3, 0.4) is 0 Å². The number of aryl methyl sites for hydroxylation is 1. The number of aliphatic carboxylic acids is 1. The summed E-state index contributed by atoms with van der Waals surface area (Å²) in [7, 11) is 0. The molecule has 23 heavy (non-hydrogen) atoms. The summed E-state index contributed by atoms with van der Waals surface area (Å²) in [5, 5.41) is 12.2. The van der Waals surface area contributed by atoms with Crippen LogP contribution in [-0.4, -0.2) is 29.1 Å². The maximum atomic E-state index is 13.2. The number of carboxylic acid groups (broad SMARTS) is 1. The zero-order valence-electron chi connectivity index (χ0n) is 13.1. The maximum Gasteiger partial charge on any atom is 0.320 e. The van der Waals surface area contributed by atoms with Crippen LogP contribution in [0, 0.1) is 12.7 Å². The highest BCUT2D eigenvalue weighted by Crippen LogP contribution is 2.26. The van der Waals surface area contributed by atoms with E-state index in [4.69, 9.17) is 4.42 Å². The molecule has 1 aromatic heterocycles. The van der Waals surface area contributed by atoms with Gasteiger partial charge in [0.25, 0.3) is 0 Å². The van der Waals surface area contributed by atoms with Gasteiger partial charge in [-0.2, -0.15) is 11.8 Å². The van der Waals surface area contributed by atoms with Crippen LogP contribution in [0.25, 0.3) is 11.3 Å². The van der Waals surface area contributed by atoms with Crippen LogP contribution in [-0.2, 0) is 11.3 Å². The first kappa shape index (κ1) is 17.6. The first-order valence-electron chi connectivity index (χ1n) is 7.31. The van der Waals surface area contributed by atoms with Crippen LogP contribution in [0.5, 0.6) is 0 Å². The molecule has 1 aromatic carbocycles. The van der Waals surface area contributed by atoms with Crippen molar-refractivity contribution in [1.82, 2.24) is 5.32 Å². The van der Waals surface area contributed by atoms with E-state index >= 15 is 0 Å². The molecule has 0 aliphatic carbocycles. The zero-order valence-corrected chi connectivity index (χ0v) is 14.0. The molecule has 0 saturated carbocycles. The van der Waals surface area contributed by atoms with Crippen molar-refractivity contribution in [1.29, 1.82) is 0 Å². The van der Waals surface area contributed by atoms with Crippen molar-refractivity contribution in [2.45, 2.75) is 25.9 Å². The average molecular weight is 337 g/mol. The molecular weight excluding hydrogens is 317 g/mol. The zero-order chi connectivity index (χ0) is 16.8. The summed E-state index contributed by atoms with van der Waals surface area (Å²) in [5.74, 6) is 0.940. The molecule has 0 radical (unpaired) electrons. The average Bonchev–Trinajstić information content (AvgIpc) is 2.95. The van der Waals surface area contributed by atoms with Crippen LogP contribution in [0.15, 0.2) is 34.7 Å². The SMILES string of the molecule is CSCCC(NCc1ccc(-c2ccc(F)cc2C)o1)C(=O)O. The Morgan fingerprint density at radius 2 is 2.17 bits per heavy atom. The molecule has 1 unspecified atom stereocenters. The highest BCUT2D eigenvalue weighted by Gasteiger charge is 2.17. The molecule has 6 heteroatoms. The number of nitrogens with one attached hydrogen (secondary N) is 1. The fraction of sp³-hybridized carbons (Fsp3) is 0.353. The van der Waals surface area contributed by atoms with E-state index < -0.39 is 12.0 Å². The second-order valence-corrected chi connectivity index (χ2v) is 6.26. The first-order valence-corrected chi connectivity index (χ1v) is 8.71. The van der Waals surface area contributed by atoms with Gasteiger partial charge in [0.1, 0.15) is 23.4 Å². The standard InChI is InChI=1S/C17H20FNO3S/c1-11-9-12(18)3-5-14(11)16-6-4-13(22-16)10-19-15(17(20)21)7-8-23-2/h3-6,9,15,19H,7-8,10H2,1-2H3,(H,20,21). The molecule has 0 bridgehead atoms. The number of halogens is 1. The predicted molar refractivity (Wildman–Crippen MR) is 90.1 cm³/mol. The monoisotopic (exact) mass is 337 g/mol. The van der Waals surface area contributed by atoms with E-state index in [2.05, 4.69) is 5.32 Å². The van der Waals surface area contributed by atoms with Gasteiger partial charge in [0.15, 0.2) is 0 Å². The van der Waals surface area contributed by atoms with Crippen molar-refractivity contribution in [2.75, 3.05) is 12.0 Å². The Morgan fingerprint density at radius 1 is 1.39 bits per heavy atom. The van der Waals surface area contributed by atoms with E-state index in [9.17, 15) is 14.3 Å². The number of hydrogen-bond acceptors (Lipinski definition) is 4. The molecule has 2 rings (SSSR count). The summed E-state index contributed by atoms with van der Waals surface area (Å²) in [5.41, 5.74) is 1.62. The molecule has 1 atom stereocenters. The largest absolute Gasteiger partial charge is 0.480 e. The molecule has 1 heterocycles. The third-order valence-corrected chi connectivity index (χ3v) is 4.19. The third kappa shape index (κ3) is 4.84. The highest BCUT2D eigenvalue weighted by atomic mass is 32.2. The summed E-state index contributed by atoms with van der Waals surface area (Å²) >= 11 is 1.62. The van der Waals surface area contributed by atoms with E-state index in [1.165, 1.54) is 12.1 Å². The van der Waals surface area contributed by atoms with E-state index in [1.807, 2.05) is 19.2 Å². The lowest BCUT2D eigenvalue weighted by Crippen LogP contribution is -2.36. The Kier molecular flexibility index (Phi) is 6.24. The van der Waals surface area contributed by atoms with Gasteiger partial charge in [-0.3, -0.25) is 10.1 Å². The smallest absolute Gasteiger partial charge is 0.320 e. The summed E-state index contributed by atoms with van der Waals surface area (Å²) < 4.78 is 18.9. The van der Waals surface area contributed by atoms with E-state index in [0.29, 0.717) is 24.5 Å². The maximum absolute atomic E-state index is 13.2. The minimum atomic E-state index is -0.861. The lowest BCUT2D eigenvalue weighted by molar-refractivity contribution is -0.139. The molecule has 0 fully saturated rings. The van der Waals surface area contributed by atoms with Gasteiger partial charge in [0, 0.05) is 5.56 Å². The topological polar surface area (TPSA) is 62.5 Å². The molecule has 4 nitrogen and oxygen atoms in total. The Bertz CT molecular complexity index is 672. The van der Waals surface area contributed by atoms with Gasteiger partial charge in [0.2, 0.25) is 0 Å². The summed E-state index contributed by atoms with van der Waals surface area (Å²) in [4.78, 5) is 11.2. The summed E-state index contributed by atoms with van der Waals surface area (Å²) in [6, 6.07) is 7.56. The van der Waals surface area contributed by atoms with Crippen molar-refractivity contribution in [3.8, 4) is 11.3 Å². The van der Waals surface area contributed by atoms with Gasteiger partial charge >= 0.3 is 5.97 Å². The number of carbonyl (C=O) groups is 1. The fourth-order valence-electron chi connectivity index (χ4n) is 2.29. The normalized spacial score (nSPS) is 12.3. The molecule has 2 aromatic rings. The van der Waals surface area contributed by atoms with Gasteiger partial charge in [-0.1, -0.05) is 0 Å². The lowest BCUT2D eigenvalue weighted by Gasteiger charge is -2.12. The van der Waals surface area contributed by atoms with Crippen LogP contribution >= 0.6 is 11.8 Å².